The van der Waals surface area contributed by atoms with Crippen LogP contribution in [0.1, 0.15) is 34.6 Å². The zero-order chi connectivity index (χ0) is 19.7. The molecule has 10 heteroatoms. The Morgan fingerprint density at radius 1 is 1.27 bits per heavy atom. The summed E-state index contributed by atoms with van der Waals surface area (Å²) in [5.41, 5.74) is 1.65. The second-order valence-corrected chi connectivity index (χ2v) is 7.35. The van der Waals surface area contributed by atoms with E-state index in [-0.39, 0.29) is 35.9 Å². The SMILES string of the molecule is Cc1nc2c(NC(=O)c3c(C)ccn(CC4CCCNC4)c3=O)cccn2n1.Cl.Cl. The molecule has 0 bridgehead atoms. The Morgan fingerprint density at radius 2 is 2.07 bits per heavy atom. The highest BCUT2D eigenvalue weighted by molar-refractivity contribution is 6.06. The van der Waals surface area contributed by atoms with Crippen LogP contribution in [0.15, 0.2) is 35.4 Å². The number of hydrogen-bond donors (Lipinski definition) is 2. The quantitative estimate of drug-likeness (QED) is 0.634. The number of nitrogens with zero attached hydrogens (tertiary/aromatic N) is 4. The molecule has 1 atom stereocenters. The van der Waals surface area contributed by atoms with Crippen molar-refractivity contribution in [3.63, 3.8) is 0 Å². The third kappa shape index (κ3) is 4.83. The molecule has 1 saturated heterocycles. The average molecular weight is 453 g/mol. The summed E-state index contributed by atoms with van der Waals surface area (Å²) in [6.45, 7) is 6.12. The van der Waals surface area contributed by atoms with Gasteiger partial charge >= 0.3 is 0 Å². The molecular weight excluding hydrogens is 427 g/mol. The van der Waals surface area contributed by atoms with Gasteiger partial charge in [-0.3, -0.25) is 9.59 Å². The lowest BCUT2D eigenvalue weighted by molar-refractivity contribution is 0.102. The van der Waals surface area contributed by atoms with Gasteiger partial charge < -0.3 is 15.2 Å². The second-order valence-electron chi connectivity index (χ2n) is 7.35. The van der Waals surface area contributed by atoms with E-state index in [0.717, 1.165) is 25.9 Å². The number of fused-ring (bicyclic) bond motifs is 1. The van der Waals surface area contributed by atoms with Crippen LogP contribution >= 0.6 is 24.8 Å². The van der Waals surface area contributed by atoms with Crippen molar-refractivity contribution in [1.29, 1.82) is 0 Å². The van der Waals surface area contributed by atoms with Gasteiger partial charge in [0.25, 0.3) is 11.5 Å². The van der Waals surface area contributed by atoms with Crippen LogP contribution in [0.25, 0.3) is 5.65 Å². The van der Waals surface area contributed by atoms with Crippen molar-refractivity contribution in [2.24, 2.45) is 5.92 Å². The van der Waals surface area contributed by atoms with E-state index in [1.165, 1.54) is 0 Å². The van der Waals surface area contributed by atoms with Crippen LogP contribution < -0.4 is 16.2 Å². The minimum atomic E-state index is -0.424. The van der Waals surface area contributed by atoms with Crippen LogP contribution in [0.5, 0.6) is 0 Å². The lowest BCUT2D eigenvalue weighted by Crippen LogP contribution is -2.36. The summed E-state index contributed by atoms with van der Waals surface area (Å²) in [5.74, 6) is 0.589. The number of aryl methyl sites for hydroxylation is 2. The molecule has 4 rings (SSSR count). The fraction of sp³-hybridized carbons (Fsp3) is 0.400. The summed E-state index contributed by atoms with van der Waals surface area (Å²) in [5, 5.41) is 10.5. The molecule has 162 valence electrons. The average Bonchev–Trinajstić information content (AvgIpc) is 3.06. The Labute approximate surface area is 186 Å². The summed E-state index contributed by atoms with van der Waals surface area (Å²) >= 11 is 0. The van der Waals surface area contributed by atoms with Gasteiger partial charge in [-0.15, -0.1) is 24.8 Å². The molecular formula is C20H26Cl2N6O2. The molecule has 2 N–H and O–H groups in total. The summed E-state index contributed by atoms with van der Waals surface area (Å²) in [7, 11) is 0. The van der Waals surface area contributed by atoms with Gasteiger partial charge in [-0.2, -0.15) is 5.10 Å². The Kier molecular flexibility index (Phi) is 8.00. The second kappa shape index (κ2) is 10.1. The molecule has 1 aliphatic heterocycles. The van der Waals surface area contributed by atoms with Gasteiger partial charge in [0, 0.05) is 18.9 Å². The highest BCUT2D eigenvalue weighted by atomic mass is 35.5. The number of anilines is 1. The highest BCUT2D eigenvalue weighted by Crippen LogP contribution is 2.17. The van der Waals surface area contributed by atoms with Gasteiger partial charge in [0.1, 0.15) is 11.4 Å². The lowest BCUT2D eigenvalue weighted by atomic mass is 9.99. The molecule has 0 aromatic carbocycles. The van der Waals surface area contributed by atoms with Gasteiger partial charge in [-0.25, -0.2) is 9.50 Å². The molecule has 3 aromatic heterocycles. The third-order valence-corrected chi connectivity index (χ3v) is 5.17. The van der Waals surface area contributed by atoms with Crippen LogP contribution in [-0.2, 0) is 6.54 Å². The van der Waals surface area contributed by atoms with Gasteiger partial charge in [-0.1, -0.05) is 0 Å². The van der Waals surface area contributed by atoms with Crippen molar-refractivity contribution in [3.8, 4) is 0 Å². The number of carbonyl (C=O) groups excluding carboxylic acids is 1. The maximum atomic E-state index is 13.0. The van der Waals surface area contributed by atoms with E-state index in [1.807, 2.05) is 6.07 Å². The summed E-state index contributed by atoms with van der Waals surface area (Å²) in [6, 6.07) is 5.36. The molecule has 0 saturated carbocycles. The number of halogens is 2. The summed E-state index contributed by atoms with van der Waals surface area (Å²) in [4.78, 5) is 30.3. The predicted octanol–water partition coefficient (Wildman–Crippen LogP) is 2.60. The summed E-state index contributed by atoms with van der Waals surface area (Å²) < 4.78 is 3.26. The Balaban J connectivity index is 0.00000160. The molecule has 8 nitrogen and oxygen atoms in total. The van der Waals surface area contributed by atoms with Crippen molar-refractivity contribution in [1.82, 2.24) is 24.5 Å². The topological polar surface area (TPSA) is 93.3 Å². The highest BCUT2D eigenvalue weighted by Gasteiger charge is 2.20. The standard InChI is InChI=1S/C20H24N6O2.2ClH/c1-13-7-10-25(12-15-5-3-8-21-11-15)20(28)17(13)19(27)23-16-6-4-9-26-18(16)22-14(2)24-26;;/h4,6-7,9-10,15,21H,3,5,8,11-12H2,1-2H3,(H,23,27);2*1H. The first-order chi connectivity index (χ1) is 13.5. The molecule has 3 aromatic rings. The monoisotopic (exact) mass is 452 g/mol. The van der Waals surface area contributed by atoms with Crippen molar-refractivity contribution < 1.29 is 4.79 Å². The van der Waals surface area contributed by atoms with Gasteiger partial charge in [-0.05, 0) is 69.5 Å². The van der Waals surface area contributed by atoms with E-state index >= 15 is 0 Å². The van der Waals surface area contributed by atoms with Gasteiger partial charge in [0.15, 0.2) is 5.65 Å². The Hall–Kier alpha value is -2.42. The zero-order valence-corrected chi connectivity index (χ0v) is 18.6. The number of aromatic nitrogens is 4. The fourth-order valence-corrected chi connectivity index (χ4v) is 3.74. The lowest BCUT2D eigenvalue weighted by Gasteiger charge is -2.23. The number of piperidine rings is 1. The van der Waals surface area contributed by atoms with Crippen LogP contribution in [-0.4, -0.2) is 38.2 Å². The van der Waals surface area contributed by atoms with E-state index in [1.54, 1.807) is 47.5 Å². The largest absolute Gasteiger partial charge is 0.319 e. The number of amides is 1. The van der Waals surface area contributed by atoms with E-state index in [4.69, 9.17) is 0 Å². The van der Waals surface area contributed by atoms with Crippen LogP contribution in [0.4, 0.5) is 5.69 Å². The summed E-state index contributed by atoms with van der Waals surface area (Å²) in [6.07, 6.45) is 5.75. The van der Waals surface area contributed by atoms with Crippen LogP contribution in [0.3, 0.4) is 0 Å². The molecule has 30 heavy (non-hydrogen) atoms. The molecule has 1 fully saturated rings. The Bertz CT molecular complexity index is 1090. The first kappa shape index (κ1) is 23.9. The predicted molar refractivity (Wildman–Crippen MR) is 121 cm³/mol. The molecule has 0 radical (unpaired) electrons. The van der Waals surface area contributed by atoms with E-state index in [2.05, 4.69) is 20.7 Å². The molecule has 4 heterocycles. The maximum Gasteiger partial charge on any atom is 0.263 e. The van der Waals surface area contributed by atoms with Crippen molar-refractivity contribution in [2.75, 3.05) is 18.4 Å². The minimum absolute atomic E-state index is 0. The number of nitrogens with one attached hydrogen (secondary N) is 2. The van der Waals surface area contributed by atoms with E-state index in [9.17, 15) is 9.59 Å². The van der Waals surface area contributed by atoms with E-state index in [0.29, 0.717) is 35.2 Å². The van der Waals surface area contributed by atoms with Crippen molar-refractivity contribution in [2.45, 2.75) is 33.2 Å². The number of rotatable bonds is 4. The van der Waals surface area contributed by atoms with Crippen molar-refractivity contribution >= 4 is 42.1 Å². The molecule has 1 aliphatic rings. The van der Waals surface area contributed by atoms with Gasteiger partial charge in [0.05, 0.1) is 5.69 Å². The van der Waals surface area contributed by atoms with Crippen LogP contribution in [0.2, 0.25) is 0 Å². The Morgan fingerprint density at radius 3 is 2.80 bits per heavy atom. The van der Waals surface area contributed by atoms with Gasteiger partial charge in [0.2, 0.25) is 0 Å². The number of carbonyl (C=O) groups is 1. The maximum absolute atomic E-state index is 13.0. The first-order valence-electron chi connectivity index (χ1n) is 9.57. The molecule has 1 unspecified atom stereocenters. The number of pyridine rings is 2. The molecule has 0 aliphatic carbocycles. The molecule has 0 spiro atoms. The minimum Gasteiger partial charge on any atom is -0.319 e. The van der Waals surface area contributed by atoms with E-state index < -0.39 is 5.91 Å². The van der Waals surface area contributed by atoms with Crippen LogP contribution in [0, 0.1) is 19.8 Å². The fourth-order valence-electron chi connectivity index (χ4n) is 3.74. The first-order valence-corrected chi connectivity index (χ1v) is 9.57. The number of hydrogen-bond acceptors (Lipinski definition) is 5. The third-order valence-electron chi connectivity index (χ3n) is 5.17. The normalized spacial score (nSPS) is 15.9. The van der Waals surface area contributed by atoms with Crippen molar-refractivity contribution in [3.05, 3.63) is 57.9 Å². The molecule has 1 amide bonds. The zero-order valence-electron chi connectivity index (χ0n) is 16.9. The smallest absolute Gasteiger partial charge is 0.263 e.